The molecule has 0 radical (unpaired) electrons. The smallest absolute Gasteiger partial charge is 0.274 e. The van der Waals surface area contributed by atoms with Gasteiger partial charge in [0.15, 0.2) is 5.65 Å². The van der Waals surface area contributed by atoms with E-state index in [1.54, 1.807) is 43.1 Å². The lowest BCUT2D eigenvalue weighted by atomic mass is 9.89. The van der Waals surface area contributed by atoms with Gasteiger partial charge in [-0.1, -0.05) is 0 Å². The van der Waals surface area contributed by atoms with Crippen molar-refractivity contribution in [1.29, 1.82) is 0 Å². The van der Waals surface area contributed by atoms with Gasteiger partial charge in [-0.05, 0) is 37.8 Å². The van der Waals surface area contributed by atoms with Crippen LogP contribution in [0.3, 0.4) is 0 Å². The number of amides is 1. The highest BCUT2D eigenvalue weighted by Crippen LogP contribution is 2.33. The molecule has 10 nitrogen and oxygen atoms in total. The van der Waals surface area contributed by atoms with Crippen LogP contribution in [0.2, 0.25) is 0 Å². The molecule has 174 valence electrons. The Morgan fingerprint density at radius 1 is 1.30 bits per heavy atom. The molecule has 2 atom stereocenters. The summed E-state index contributed by atoms with van der Waals surface area (Å²) in [6.07, 6.45) is 4.76. The summed E-state index contributed by atoms with van der Waals surface area (Å²) in [5, 5.41) is 13.4. The van der Waals surface area contributed by atoms with Crippen LogP contribution >= 0.6 is 0 Å². The summed E-state index contributed by atoms with van der Waals surface area (Å²) in [7, 11) is 3.37. The largest absolute Gasteiger partial charge is 0.379 e. The Kier molecular flexibility index (Phi) is 5.49. The number of nitrogens with one attached hydrogen (secondary N) is 3. The zero-order valence-electron chi connectivity index (χ0n) is 18.4. The van der Waals surface area contributed by atoms with Crippen molar-refractivity contribution in [1.82, 2.24) is 24.5 Å². The maximum Gasteiger partial charge on any atom is 0.274 e. The highest BCUT2D eigenvalue weighted by Gasteiger charge is 2.33. The van der Waals surface area contributed by atoms with Crippen molar-refractivity contribution in [3.63, 3.8) is 0 Å². The number of hydrogen-bond acceptors (Lipinski definition) is 7. The summed E-state index contributed by atoms with van der Waals surface area (Å²) < 4.78 is 21.7. The van der Waals surface area contributed by atoms with E-state index in [1.807, 2.05) is 0 Å². The molecule has 5 rings (SSSR count). The lowest BCUT2D eigenvalue weighted by Crippen LogP contribution is -2.51. The summed E-state index contributed by atoms with van der Waals surface area (Å²) in [4.78, 5) is 30.4. The molecular formula is C22H26FN7O3. The number of halogens is 1. The van der Waals surface area contributed by atoms with E-state index in [4.69, 9.17) is 4.74 Å². The van der Waals surface area contributed by atoms with Crippen molar-refractivity contribution in [2.45, 2.75) is 50.0 Å². The number of methoxy groups -OCH3 is 1. The van der Waals surface area contributed by atoms with Gasteiger partial charge >= 0.3 is 0 Å². The Balaban J connectivity index is 1.45. The second-order valence-electron chi connectivity index (χ2n) is 8.48. The quantitative estimate of drug-likeness (QED) is 0.501. The number of fused-ring (bicyclic) bond motifs is 1. The maximum atomic E-state index is 13.3. The second-order valence-corrected chi connectivity index (χ2v) is 8.48. The van der Waals surface area contributed by atoms with E-state index in [9.17, 15) is 14.0 Å². The molecule has 3 N–H and O–H groups in total. The lowest BCUT2D eigenvalue weighted by Gasteiger charge is -2.35. The number of ether oxygens (including phenoxy) is 1. The van der Waals surface area contributed by atoms with E-state index in [1.165, 1.54) is 10.7 Å². The molecule has 33 heavy (non-hydrogen) atoms. The highest BCUT2D eigenvalue weighted by molar-refractivity contribution is 6.00. The summed E-state index contributed by atoms with van der Waals surface area (Å²) in [5.74, 6) is 0.693. The van der Waals surface area contributed by atoms with E-state index < -0.39 is 6.17 Å². The lowest BCUT2D eigenvalue weighted by molar-refractivity contribution is 0.00732. The standard InChI is InChI=1S/C22H26FN7O3/c1-24-19-10-18(26-16-4-3-7-29(22(16)32)13-8-12(23)9-13)28-20-14(11-25-30(19)20)21(31)27-15-5-6-17(15)33-2/h3-4,7,10-13,15,17,24H,5-6,8-9H2,1-2H3,(H,26,28)(H,27,31)/t12-,13-,15-,17-/m0/s1. The fourth-order valence-corrected chi connectivity index (χ4v) is 4.31. The van der Waals surface area contributed by atoms with Crippen molar-refractivity contribution in [3.8, 4) is 0 Å². The van der Waals surface area contributed by atoms with Gasteiger partial charge in [0, 0.05) is 32.5 Å². The number of carbonyl (C=O) groups excluding carboxylic acids is 1. The monoisotopic (exact) mass is 455 g/mol. The molecule has 3 heterocycles. The number of pyridine rings is 1. The number of alkyl halides is 1. The Morgan fingerprint density at radius 2 is 2.12 bits per heavy atom. The average Bonchev–Trinajstić information content (AvgIpc) is 3.20. The molecule has 3 aromatic rings. The van der Waals surface area contributed by atoms with Crippen LogP contribution < -0.4 is 21.5 Å². The zero-order chi connectivity index (χ0) is 23.1. The molecule has 0 aliphatic heterocycles. The van der Waals surface area contributed by atoms with Crippen molar-refractivity contribution in [3.05, 3.63) is 46.5 Å². The molecule has 0 spiro atoms. The van der Waals surface area contributed by atoms with Crippen LogP contribution in [0.15, 0.2) is 35.4 Å². The van der Waals surface area contributed by atoms with Gasteiger partial charge in [0.25, 0.3) is 11.5 Å². The minimum atomic E-state index is -0.855. The highest BCUT2D eigenvalue weighted by atomic mass is 19.1. The summed E-state index contributed by atoms with van der Waals surface area (Å²) >= 11 is 0. The van der Waals surface area contributed by atoms with Gasteiger partial charge < -0.3 is 25.3 Å². The summed E-state index contributed by atoms with van der Waals surface area (Å²) in [6.45, 7) is 0. The third-order valence-corrected chi connectivity index (χ3v) is 6.49. The molecule has 3 aromatic heterocycles. The molecule has 0 unspecified atom stereocenters. The minimum Gasteiger partial charge on any atom is -0.379 e. The van der Waals surface area contributed by atoms with Crippen molar-refractivity contribution < 1.29 is 13.9 Å². The molecule has 2 saturated carbocycles. The van der Waals surface area contributed by atoms with Crippen LogP contribution in [0.4, 0.5) is 21.7 Å². The third kappa shape index (κ3) is 3.82. The number of nitrogens with zero attached hydrogens (tertiary/aromatic N) is 4. The van der Waals surface area contributed by atoms with Gasteiger partial charge in [-0.15, -0.1) is 0 Å². The van der Waals surface area contributed by atoms with Crippen LogP contribution in [0.25, 0.3) is 5.65 Å². The van der Waals surface area contributed by atoms with E-state index in [0.29, 0.717) is 41.4 Å². The number of hydrogen-bond donors (Lipinski definition) is 3. The van der Waals surface area contributed by atoms with Gasteiger partial charge in [0.2, 0.25) is 0 Å². The first-order valence-corrected chi connectivity index (χ1v) is 11.0. The molecule has 0 bridgehead atoms. The molecule has 0 aromatic carbocycles. The molecular weight excluding hydrogens is 429 g/mol. The second kappa shape index (κ2) is 8.47. The number of carbonyl (C=O) groups is 1. The van der Waals surface area contributed by atoms with E-state index in [0.717, 1.165) is 12.8 Å². The third-order valence-electron chi connectivity index (χ3n) is 6.49. The molecule has 0 saturated heterocycles. The van der Waals surface area contributed by atoms with E-state index in [-0.39, 0.29) is 29.7 Å². The molecule has 2 aliphatic carbocycles. The first-order valence-electron chi connectivity index (χ1n) is 11.0. The van der Waals surface area contributed by atoms with Gasteiger partial charge in [0.1, 0.15) is 29.1 Å². The van der Waals surface area contributed by atoms with Crippen molar-refractivity contribution in [2.24, 2.45) is 0 Å². The number of aromatic nitrogens is 4. The normalized spacial score (nSPS) is 24.1. The Labute approximate surface area is 189 Å². The van der Waals surface area contributed by atoms with Crippen LogP contribution in [-0.2, 0) is 4.74 Å². The Morgan fingerprint density at radius 3 is 2.79 bits per heavy atom. The van der Waals surface area contributed by atoms with Crippen LogP contribution in [0, 0.1) is 0 Å². The van der Waals surface area contributed by atoms with Crippen LogP contribution in [0.5, 0.6) is 0 Å². The van der Waals surface area contributed by atoms with Crippen LogP contribution in [-0.4, -0.2) is 57.5 Å². The van der Waals surface area contributed by atoms with Gasteiger partial charge in [0.05, 0.1) is 18.3 Å². The number of anilines is 3. The first-order chi connectivity index (χ1) is 16.0. The predicted octanol–water partition coefficient (Wildman–Crippen LogP) is 2.26. The van der Waals surface area contributed by atoms with Gasteiger partial charge in [-0.25, -0.2) is 9.37 Å². The Hall–Kier alpha value is -3.47. The predicted molar refractivity (Wildman–Crippen MR) is 121 cm³/mol. The van der Waals surface area contributed by atoms with E-state index in [2.05, 4.69) is 26.0 Å². The van der Waals surface area contributed by atoms with Crippen molar-refractivity contribution >= 4 is 28.9 Å². The fourth-order valence-electron chi connectivity index (χ4n) is 4.31. The average molecular weight is 455 g/mol. The zero-order valence-corrected chi connectivity index (χ0v) is 18.4. The minimum absolute atomic E-state index is 0.0115. The molecule has 1 amide bonds. The molecule has 2 fully saturated rings. The van der Waals surface area contributed by atoms with Gasteiger partial charge in [-0.2, -0.15) is 9.61 Å². The molecule has 2 aliphatic rings. The maximum absolute atomic E-state index is 13.3. The van der Waals surface area contributed by atoms with Crippen molar-refractivity contribution in [2.75, 3.05) is 24.8 Å². The SMILES string of the molecule is CNc1cc(Nc2cccn([C@H]3C[C@H](F)C3)c2=O)nc2c(C(=O)N[C@H]3CC[C@@H]3OC)cnn12. The first kappa shape index (κ1) is 21.4. The summed E-state index contributed by atoms with van der Waals surface area (Å²) in [5.41, 5.74) is 0.752. The van der Waals surface area contributed by atoms with Crippen LogP contribution in [0.1, 0.15) is 42.1 Å². The molecule has 11 heteroatoms. The topological polar surface area (TPSA) is 115 Å². The number of rotatable bonds is 7. The Bertz CT molecular complexity index is 1250. The van der Waals surface area contributed by atoms with Gasteiger partial charge in [-0.3, -0.25) is 9.59 Å². The summed E-state index contributed by atoms with van der Waals surface area (Å²) in [6, 6.07) is 4.92. The van der Waals surface area contributed by atoms with E-state index >= 15 is 0 Å². The fraction of sp³-hybridized carbons (Fsp3) is 0.455.